The largest absolute Gasteiger partial charge is 0.386 e. The molecule has 1 rings (SSSR count). The normalized spacial score (nSPS) is 52.0. The van der Waals surface area contributed by atoms with Gasteiger partial charge in [0, 0.05) is 0 Å². The predicted molar refractivity (Wildman–Crippen MR) is 30.5 cm³/mol. The van der Waals surface area contributed by atoms with Crippen LogP contribution in [0.1, 0.15) is 6.92 Å². The van der Waals surface area contributed by atoms with E-state index in [2.05, 4.69) is 0 Å². The minimum absolute atomic E-state index is 0.255. The summed E-state index contributed by atoms with van der Waals surface area (Å²) in [6, 6.07) is -0.458. The van der Waals surface area contributed by atoms with Crippen LogP contribution >= 0.6 is 0 Å². The topological polar surface area (TPSA) is 75.7 Å². The summed E-state index contributed by atoms with van der Waals surface area (Å²) in [6.45, 7) is 1.71. The maximum Gasteiger partial charge on any atom is 0.182 e. The summed E-state index contributed by atoms with van der Waals surface area (Å²) in [5, 5.41) is 17.7. The molecular formula is C5H11NO3. The van der Waals surface area contributed by atoms with Crippen LogP contribution in [0, 0.1) is 0 Å². The number of aliphatic hydroxyl groups excluding tert-OH is 2. The van der Waals surface area contributed by atoms with E-state index < -0.39 is 18.4 Å². The monoisotopic (exact) mass is 133 g/mol. The highest BCUT2D eigenvalue weighted by molar-refractivity contribution is 4.86. The Morgan fingerprint density at radius 2 is 2.00 bits per heavy atom. The molecule has 9 heavy (non-hydrogen) atoms. The van der Waals surface area contributed by atoms with E-state index >= 15 is 0 Å². The lowest BCUT2D eigenvalue weighted by Gasteiger charge is -2.08. The first-order valence-electron chi connectivity index (χ1n) is 2.90. The summed E-state index contributed by atoms with van der Waals surface area (Å²) in [4.78, 5) is 0. The van der Waals surface area contributed by atoms with Crippen LogP contribution in [0.3, 0.4) is 0 Å². The molecule has 54 valence electrons. The third-order valence-electron chi connectivity index (χ3n) is 1.58. The van der Waals surface area contributed by atoms with Crippen LogP contribution in [-0.2, 0) is 4.74 Å². The van der Waals surface area contributed by atoms with Crippen LogP contribution in [0.25, 0.3) is 0 Å². The fourth-order valence-corrected chi connectivity index (χ4v) is 0.859. The first-order valence-corrected chi connectivity index (χ1v) is 2.90. The SMILES string of the molecule is CC1OC(O)C(O)C1N. The Labute approximate surface area is 53.2 Å². The van der Waals surface area contributed by atoms with Gasteiger partial charge in [0.1, 0.15) is 6.10 Å². The number of rotatable bonds is 0. The minimum atomic E-state index is -1.10. The molecule has 0 aromatic heterocycles. The molecule has 0 spiro atoms. The molecule has 1 saturated heterocycles. The molecule has 4 nitrogen and oxygen atoms in total. The van der Waals surface area contributed by atoms with Crippen molar-refractivity contribution in [2.75, 3.05) is 0 Å². The Morgan fingerprint density at radius 3 is 2.11 bits per heavy atom. The summed E-state index contributed by atoms with van der Waals surface area (Å²) >= 11 is 0. The second-order valence-corrected chi connectivity index (χ2v) is 2.30. The number of nitrogens with two attached hydrogens (primary N) is 1. The van der Waals surface area contributed by atoms with Crippen molar-refractivity contribution in [3.8, 4) is 0 Å². The highest BCUT2D eigenvalue weighted by Gasteiger charge is 2.37. The molecule has 0 radical (unpaired) electrons. The average Bonchev–Trinajstić information content (AvgIpc) is 1.98. The molecule has 1 heterocycles. The van der Waals surface area contributed by atoms with E-state index in [0.29, 0.717) is 0 Å². The zero-order valence-electron chi connectivity index (χ0n) is 5.19. The summed E-state index contributed by atoms with van der Waals surface area (Å²) in [5.41, 5.74) is 5.38. The van der Waals surface area contributed by atoms with Crippen molar-refractivity contribution in [3.05, 3.63) is 0 Å². The van der Waals surface area contributed by atoms with E-state index in [4.69, 9.17) is 20.7 Å². The van der Waals surface area contributed by atoms with E-state index in [-0.39, 0.29) is 6.10 Å². The lowest BCUT2D eigenvalue weighted by Crippen LogP contribution is -2.39. The standard InChI is InChI=1S/C5H11NO3/c1-2-3(6)4(7)5(8)9-2/h2-5,7-8H,6H2,1H3. The first-order chi connectivity index (χ1) is 4.13. The van der Waals surface area contributed by atoms with Gasteiger partial charge < -0.3 is 20.7 Å². The Bertz CT molecular complexity index is 96.4. The summed E-state index contributed by atoms with van der Waals surface area (Å²) in [6.07, 6.45) is -2.29. The molecule has 4 N–H and O–H groups in total. The summed E-state index contributed by atoms with van der Waals surface area (Å²) < 4.78 is 4.77. The van der Waals surface area contributed by atoms with E-state index in [1.807, 2.05) is 0 Å². The van der Waals surface area contributed by atoms with Gasteiger partial charge in [-0.1, -0.05) is 0 Å². The van der Waals surface area contributed by atoms with Gasteiger partial charge >= 0.3 is 0 Å². The van der Waals surface area contributed by atoms with E-state index in [1.54, 1.807) is 6.92 Å². The Kier molecular flexibility index (Phi) is 1.72. The number of aliphatic hydroxyl groups is 2. The second-order valence-electron chi connectivity index (χ2n) is 2.30. The predicted octanol–water partition coefficient (Wildman–Crippen LogP) is -1.59. The third-order valence-corrected chi connectivity index (χ3v) is 1.58. The van der Waals surface area contributed by atoms with Crippen LogP contribution in [-0.4, -0.2) is 34.8 Å². The smallest absolute Gasteiger partial charge is 0.182 e. The zero-order valence-corrected chi connectivity index (χ0v) is 5.19. The zero-order chi connectivity index (χ0) is 7.02. The Morgan fingerprint density at radius 1 is 1.44 bits per heavy atom. The quantitative estimate of drug-likeness (QED) is 0.372. The minimum Gasteiger partial charge on any atom is -0.386 e. The molecule has 0 amide bonds. The highest BCUT2D eigenvalue weighted by Crippen LogP contribution is 2.16. The van der Waals surface area contributed by atoms with E-state index in [0.717, 1.165) is 0 Å². The fourth-order valence-electron chi connectivity index (χ4n) is 0.859. The van der Waals surface area contributed by atoms with Gasteiger partial charge in [0.25, 0.3) is 0 Å². The lowest BCUT2D eigenvalue weighted by atomic mass is 10.1. The van der Waals surface area contributed by atoms with Gasteiger partial charge in [-0.2, -0.15) is 0 Å². The molecule has 4 unspecified atom stereocenters. The van der Waals surface area contributed by atoms with Crippen LogP contribution in [0.15, 0.2) is 0 Å². The van der Waals surface area contributed by atoms with Crippen molar-refractivity contribution in [1.82, 2.24) is 0 Å². The van der Waals surface area contributed by atoms with E-state index in [9.17, 15) is 0 Å². The first kappa shape index (κ1) is 6.95. The molecule has 0 saturated carbocycles. The third kappa shape index (κ3) is 1.07. The van der Waals surface area contributed by atoms with Crippen molar-refractivity contribution in [2.45, 2.75) is 31.5 Å². The second kappa shape index (κ2) is 2.22. The average molecular weight is 133 g/mol. The van der Waals surface area contributed by atoms with Crippen molar-refractivity contribution >= 4 is 0 Å². The summed E-state index contributed by atoms with van der Waals surface area (Å²) in [7, 11) is 0. The lowest BCUT2D eigenvalue weighted by molar-refractivity contribution is -0.123. The Balaban J connectivity index is 2.54. The molecule has 4 atom stereocenters. The van der Waals surface area contributed by atoms with Gasteiger partial charge in [-0.05, 0) is 6.92 Å². The van der Waals surface area contributed by atoms with Gasteiger partial charge in [0.2, 0.25) is 0 Å². The molecule has 0 aromatic carbocycles. The highest BCUT2D eigenvalue weighted by atomic mass is 16.6. The van der Waals surface area contributed by atoms with Gasteiger partial charge in [-0.15, -0.1) is 0 Å². The number of hydrogen-bond acceptors (Lipinski definition) is 4. The molecule has 0 bridgehead atoms. The number of ether oxygens (including phenoxy) is 1. The summed E-state index contributed by atoms with van der Waals surface area (Å²) in [5.74, 6) is 0. The van der Waals surface area contributed by atoms with Crippen molar-refractivity contribution in [2.24, 2.45) is 5.73 Å². The molecule has 1 aliphatic rings. The maximum absolute atomic E-state index is 8.94. The molecular weight excluding hydrogens is 122 g/mol. The Hall–Kier alpha value is -0.160. The van der Waals surface area contributed by atoms with Crippen molar-refractivity contribution < 1.29 is 14.9 Å². The van der Waals surface area contributed by atoms with Crippen LogP contribution in [0.2, 0.25) is 0 Å². The molecule has 4 heteroatoms. The maximum atomic E-state index is 8.94. The van der Waals surface area contributed by atoms with E-state index in [1.165, 1.54) is 0 Å². The molecule has 0 aliphatic carbocycles. The van der Waals surface area contributed by atoms with Crippen LogP contribution in [0.4, 0.5) is 0 Å². The van der Waals surface area contributed by atoms with Crippen LogP contribution < -0.4 is 5.73 Å². The molecule has 0 aromatic rings. The fraction of sp³-hybridized carbons (Fsp3) is 1.00. The van der Waals surface area contributed by atoms with Crippen molar-refractivity contribution in [3.63, 3.8) is 0 Å². The molecule has 1 fully saturated rings. The van der Waals surface area contributed by atoms with Gasteiger partial charge in [0.05, 0.1) is 12.1 Å². The van der Waals surface area contributed by atoms with Gasteiger partial charge in [-0.25, -0.2) is 0 Å². The van der Waals surface area contributed by atoms with Gasteiger partial charge in [-0.3, -0.25) is 0 Å². The van der Waals surface area contributed by atoms with Gasteiger partial charge in [0.15, 0.2) is 6.29 Å². The number of hydrogen-bond donors (Lipinski definition) is 3. The van der Waals surface area contributed by atoms with Crippen molar-refractivity contribution in [1.29, 1.82) is 0 Å². The molecule has 1 aliphatic heterocycles. The van der Waals surface area contributed by atoms with Crippen LogP contribution in [0.5, 0.6) is 0 Å².